The van der Waals surface area contributed by atoms with Gasteiger partial charge in [-0.25, -0.2) is 4.39 Å². The summed E-state index contributed by atoms with van der Waals surface area (Å²) >= 11 is 0. The van der Waals surface area contributed by atoms with Crippen LogP contribution < -0.4 is 15.5 Å². The molecule has 0 aliphatic heterocycles. The molecule has 0 aromatic heterocycles. The summed E-state index contributed by atoms with van der Waals surface area (Å²) < 4.78 is 18.6. The van der Waals surface area contributed by atoms with Crippen LogP contribution in [0.5, 0.6) is 0 Å². The van der Waals surface area contributed by atoms with Crippen LogP contribution in [-0.4, -0.2) is 53.4 Å². The SMILES string of the molecule is CN=C(NCCCN(C)c1ccccc1F)NCCOC.I. The number of hydrogen-bond acceptors (Lipinski definition) is 3. The molecule has 1 rings (SSSR count). The Labute approximate surface area is 149 Å². The zero-order chi connectivity index (χ0) is 15.5. The predicted molar refractivity (Wildman–Crippen MR) is 101 cm³/mol. The fourth-order valence-electron chi connectivity index (χ4n) is 1.90. The van der Waals surface area contributed by atoms with E-state index in [1.54, 1.807) is 26.3 Å². The van der Waals surface area contributed by atoms with Crippen molar-refractivity contribution in [1.29, 1.82) is 0 Å². The molecule has 0 heterocycles. The summed E-state index contributed by atoms with van der Waals surface area (Å²) in [4.78, 5) is 6.03. The van der Waals surface area contributed by atoms with E-state index in [1.807, 2.05) is 18.0 Å². The summed E-state index contributed by atoms with van der Waals surface area (Å²) in [6.07, 6.45) is 0.885. The van der Waals surface area contributed by atoms with Gasteiger partial charge in [-0.1, -0.05) is 12.1 Å². The van der Waals surface area contributed by atoms with Crippen molar-refractivity contribution < 1.29 is 9.13 Å². The lowest BCUT2D eigenvalue weighted by molar-refractivity contribution is 0.203. The summed E-state index contributed by atoms with van der Waals surface area (Å²) in [5.41, 5.74) is 0.625. The lowest BCUT2D eigenvalue weighted by Gasteiger charge is -2.20. The highest BCUT2D eigenvalue weighted by Gasteiger charge is 2.05. The number of ether oxygens (including phenoxy) is 1. The fourth-order valence-corrected chi connectivity index (χ4v) is 1.90. The van der Waals surface area contributed by atoms with Gasteiger partial charge < -0.3 is 20.3 Å². The van der Waals surface area contributed by atoms with E-state index in [-0.39, 0.29) is 29.8 Å². The maximum absolute atomic E-state index is 13.6. The molecular formula is C15H26FIN4O. The lowest BCUT2D eigenvalue weighted by atomic mass is 10.2. The van der Waals surface area contributed by atoms with Crippen molar-refractivity contribution >= 4 is 35.6 Å². The van der Waals surface area contributed by atoms with E-state index in [9.17, 15) is 4.39 Å². The van der Waals surface area contributed by atoms with E-state index < -0.39 is 0 Å². The van der Waals surface area contributed by atoms with Crippen molar-refractivity contribution in [3.63, 3.8) is 0 Å². The van der Waals surface area contributed by atoms with Crippen LogP contribution in [0.2, 0.25) is 0 Å². The van der Waals surface area contributed by atoms with Crippen LogP contribution in [0.1, 0.15) is 6.42 Å². The Morgan fingerprint density at radius 1 is 1.27 bits per heavy atom. The molecule has 1 aromatic rings. The molecule has 0 aliphatic carbocycles. The zero-order valence-electron chi connectivity index (χ0n) is 13.4. The number of aliphatic imine (C=N–C) groups is 1. The van der Waals surface area contributed by atoms with Gasteiger partial charge in [0.25, 0.3) is 0 Å². The lowest BCUT2D eigenvalue weighted by Crippen LogP contribution is -2.40. The number of rotatable bonds is 8. The fraction of sp³-hybridized carbons (Fsp3) is 0.533. The summed E-state index contributed by atoms with van der Waals surface area (Å²) in [7, 11) is 5.29. The number of hydrogen-bond donors (Lipinski definition) is 2. The molecule has 126 valence electrons. The Kier molecular flexibility index (Phi) is 11.8. The highest BCUT2D eigenvalue weighted by Crippen LogP contribution is 2.16. The third kappa shape index (κ3) is 7.79. The molecule has 0 unspecified atom stereocenters. The Bertz CT molecular complexity index is 445. The molecule has 0 spiro atoms. The number of para-hydroxylation sites is 1. The van der Waals surface area contributed by atoms with E-state index in [0.717, 1.165) is 25.5 Å². The highest BCUT2D eigenvalue weighted by atomic mass is 127. The molecule has 1 aromatic carbocycles. The summed E-state index contributed by atoms with van der Waals surface area (Å²) in [5.74, 6) is 0.561. The van der Waals surface area contributed by atoms with Gasteiger partial charge in [0.05, 0.1) is 12.3 Å². The molecule has 0 fully saturated rings. The number of benzene rings is 1. The Morgan fingerprint density at radius 3 is 2.59 bits per heavy atom. The average Bonchev–Trinajstić information content (AvgIpc) is 2.50. The molecule has 0 radical (unpaired) electrons. The number of guanidine groups is 1. The summed E-state index contributed by atoms with van der Waals surface area (Å²) in [6, 6.07) is 6.80. The van der Waals surface area contributed by atoms with E-state index >= 15 is 0 Å². The third-order valence-corrected chi connectivity index (χ3v) is 3.05. The molecule has 0 saturated carbocycles. The number of nitrogens with one attached hydrogen (secondary N) is 2. The van der Waals surface area contributed by atoms with Gasteiger partial charge in [-0.15, -0.1) is 24.0 Å². The molecule has 0 saturated heterocycles. The standard InChI is InChI=1S/C15H25FN4O.HI/c1-17-15(19-10-12-21-3)18-9-6-11-20(2)14-8-5-4-7-13(14)16;/h4-5,7-8H,6,9-12H2,1-3H3,(H2,17,18,19);1H. The molecule has 2 N–H and O–H groups in total. The molecular weight excluding hydrogens is 398 g/mol. The maximum atomic E-state index is 13.6. The Hall–Kier alpha value is -1.09. The van der Waals surface area contributed by atoms with Crippen LogP contribution in [0.4, 0.5) is 10.1 Å². The van der Waals surface area contributed by atoms with Gasteiger partial charge >= 0.3 is 0 Å². The van der Waals surface area contributed by atoms with Crippen molar-refractivity contribution in [2.24, 2.45) is 4.99 Å². The van der Waals surface area contributed by atoms with E-state index in [4.69, 9.17) is 4.74 Å². The first-order valence-corrected chi connectivity index (χ1v) is 7.08. The minimum Gasteiger partial charge on any atom is -0.383 e. The smallest absolute Gasteiger partial charge is 0.191 e. The quantitative estimate of drug-likeness (QED) is 0.291. The van der Waals surface area contributed by atoms with Crippen molar-refractivity contribution in [3.05, 3.63) is 30.1 Å². The molecule has 0 aliphatic rings. The molecule has 0 bridgehead atoms. The second kappa shape index (κ2) is 12.5. The Balaban J connectivity index is 0.00000441. The van der Waals surface area contributed by atoms with Crippen LogP contribution >= 0.6 is 24.0 Å². The topological polar surface area (TPSA) is 48.9 Å². The second-order valence-corrected chi connectivity index (χ2v) is 4.65. The van der Waals surface area contributed by atoms with E-state index in [0.29, 0.717) is 18.8 Å². The minimum atomic E-state index is -0.190. The van der Waals surface area contributed by atoms with Crippen LogP contribution in [0.3, 0.4) is 0 Å². The highest BCUT2D eigenvalue weighted by molar-refractivity contribution is 14.0. The number of anilines is 1. The predicted octanol–water partition coefficient (Wildman–Crippen LogP) is 2.08. The summed E-state index contributed by atoms with van der Waals surface area (Å²) in [6.45, 7) is 2.89. The first-order chi connectivity index (χ1) is 10.2. The normalized spacial score (nSPS) is 10.8. The van der Waals surface area contributed by atoms with Crippen LogP contribution in [0, 0.1) is 5.82 Å². The second-order valence-electron chi connectivity index (χ2n) is 4.65. The zero-order valence-corrected chi connectivity index (χ0v) is 15.8. The minimum absolute atomic E-state index is 0. The van der Waals surface area contributed by atoms with Crippen LogP contribution in [0.25, 0.3) is 0 Å². The monoisotopic (exact) mass is 424 g/mol. The number of nitrogens with zero attached hydrogens (tertiary/aromatic N) is 2. The van der Waals surface area contributed by atoms with Crippen molar-refractivity contribution in [3.8, 4) is 0 Å². The molecule has 5 nitrogen and oxygen atoms in total. The Morgan fingerprint density at radius 2 is 1.95 bits per heavy atom. The largest absolute Gasteiger partial charge is 0.383 e. The summed E-state index contributed by atoms with van der Waals surface area (Å²) in [5, 5.41) is 6.35. The van der Waals surface area contributed by atoms with Gasteiger partial charge in [0, 0.05) is 40.8 Å². The van der Waals surface area contributed by atoms with Gasteiger partial charge in [0.1, 0.15) is 5.82 Å². The van der Waals surface area contributed by atoms with Gasteiger partial charge in [0.15, 0.2) is 5.96 Å². The molecule has 22 heavy (non-hydrogen) atoms. The first kappa shape index (κ1) is 20.9. The first-order valence-electron chi connectivity index (χ1n) is 7.08. The van der Waals surface area contributed by atoms with Crippen LogP contribution in [0.15, 0.2) is 29.3 Å². The molecule has 0 amide bonds. The van der Waals surface area contributed by atoms with Gasteiger partial charge in [-0.3, -0.25) is 4.99 Å². The van der Waals surface area contributed by atoms with E-state index in [1.165, 1.54) is 6.07 Å². The molecule has 7 heteroatoms. The van der Waals surface area contributed by atoms with Crippen molar-refractivity contribution in [1.82, 2.24) is 10.6 Å². The van der Waals surface area contributed by atoms with E-state index in [2.05, 4.69) is 15.6 Å². The third-order valence-electron chi connectivity index (χ3n) is 3.05. The molecule has 0 atom stereocenters. The average molecular weight is 424 g/mol. The van der Waals surface area contributed by atoms with Crippen molar-refractivity contribution in [2.75, 3.05) is 52.3 Å². The number of halogens is 2. The van der Waals surface area contributed by atoms with Gasteiger partial charge in [-0.2, -0.15) is 0 Å². The van der Waals surface area contributed by atoms with Crippen LogP contribution in [-0.2, 0) is 4.74 Å². The van der Waals surface area contributed by atoms with Crippen molar-refractivity contribution in [2.45, 2.75) is 6.42 Å². The van der Waals surface area contributed by atoms with Gasteiger partial charge in [-0.05, 0) is 18.6 Å². The van der Waals surface area contributed by atoms with Gasteiger partial charge in [0.2, 0.25) is 0 Å². The maximum Gasteiger partial charge on any atom is 0.191 e. The number of methoxy groups -OCH3 is 1.